The Kier molecular flexibility index (Phi) is 3.67. The molecule has 1 unspecified atom stereocenters. The Morgan fingerprint density at radius 2 is 2.19 bits per heavy atom. The maximum atomic E-state index is 9.80. The minimum atomic E-state index is -0.150. The highest BCUT2D eigenvalue weighted by atomic mass is 32.1. The summed E-state index contributed by atoms with van der Waals surface area (Å²) in [5, 5.41) is 13.4. The van der Waals surface area contributed by atoms with E-state index >= 15 is 0 Å². The molecule has 1 fully saturated rings. The van der Waals surface area contributed by atoms with Crippen LogP contribution in [0.5, 0.6) is 0 Å². The molecular formula is C13H21NOS. The van der Waals surface area contributed by atoms with Crippen LogP contribution in [0.25, 0.3) is 0 Å². The average molecular weight is 239 g/mol. The Morgan fingerprint density at radius 3 is 2.69 bits per heavy atom. The lowest BCUT2D eigenvalue weighted by atomic mass is 10.1. The largest absolute Gasteiger partial charge is 0.392 e. The minimum absolute atomic E-state index is 0.150. The van der Waals surface area contributed by atoms with Crippen molar-refractivity contribution in [1.82, 2.24) is 5.32 Å². The molecule has 1 aliphatic carbocycles. The topological polar surface area (TPSA) is 32.3 Å². The Balaban J connectivity index is 2.02. The standard InChI is InChI=1S/C13H21NOS/c1-8-7-11(10(3)16-8)9(2)14-12-5-4-6-13(12)15/h7,9,12-15H,4-6H2,1-3H3/t9?,12-,13-/m0/s1. The first-order valence-electron chi connectivity index (χ1n) is 6.09. The average Bonchev–Trinajstić information content (AvgIpc) is 2.74. The van der Waals surface area contributed by atoms with Crippen LogP contribution in [0.1, 0.15) is 47.5 Å². The highest BCUT2D eigenvalue weighted by molar-refractivity contribution is 7.12. The van der Waals surface area contributed by atoms with Gasteiger partial charge in [0, 0.05) is 21.8 Å². The summed E-state index contributed by atoms with van der Waals surface area (Å²) in [6.07, 6.45) is 3.05. The second-order valence-electron chi connectivity index (χ2n) is 4.86. The van der Waals surface area contributed by atoms with Crippen molar-refractivity contribution >= 4 is 11.3 Å². The SMILES string of the molecule is Cc1cc(C(C)N[C@H]2CCC[C@@H]2O)c(C)s1. The molecule has 16 heavy (non-hydrogen) atoms. The fraction of sp³-hybridized carbons (Fsp3) is 0.692. The summed E-state index contributed by atoms with van der Waals surface area (Å²) in [6, 6.07) is 2.90. The van der Waals surface area contributed by atoms with Crippen LogP contribution < -0.4 is 5.32 Å². The summed E-state index contributed by atoms with van der Waals surface area (Å²) in [5.74, 6) is 0. The van der Waals surface area contributed by atoms with Crippen molar-refractivity contribution < 1.29 is 5.11 Å². The van der Waals surface area contributed by atoms with E-state index in [1.54, 1.807) is 0 Å². The number of nitrogens with one attached hydrogen (secondary N) is 1. The molecular weight excluding hydrogens is 218 g/mol. The lowest BCUT2D eigenvalue weighted by molar-refractivity contribution is 0.144. The molecule has 0 aliphatic heterocycles. The van der Waals surface area contributed by atoms with Crippen molar-refractivity contribution in [1.29, 1.82) is 0 Å². The molecule has 1 aliphatic rings. The monoisotopic (exact) mass is 239 g/mol. The van der Waals surface area contributed by atoms with Crippen LogP contribution in [0.3, 0.4) is 0 Å². The number of hydrogen-bond donors (Lipinski definition) is 2. The van der Waals surface area contributed by atoms with Crippen molar-refractivity contribution in [3.05, 3.63) is 21.4 Å². The second-order valence-corrected chi connectivity index (χ2v) is 6.32. The molecule has 0 radical (unpaired) electrons. The quantitative estimate of drug-likeness (QED) is 0.850. The molecule has 2 rings (SSSR count). The van der Waals surface area contributed by atoms with E-state index < -0.39 is 0 Å². The third kappa shape index (κ3) is 2.47. The fourth-order valence-corrected chi connectivity index (χ4v) is 3.65. The molecule has 2 N–H and O–H groups in total. The van der Waals surface area contributed by atoms with Gasteiger partial charge < -0.3 is 10.4 Å². The Labute approximate surface area is 102 Å². The van der Waals surface area contributed by atoms with Crippen LogP contribution in [0.2, 0.25) is 0 Å². The first kappa shape index (κ1) is 12.1. The number of rotatable bonds is 3. The van der Waals surface area contributed by atoms with E-state index in [0.717, 1.165) is 19.3 Å². The molecule has 0 bridgehead atoms. The van der Waals surface area contributed by atoms with Crippen molar-refractivity contribution in [2.24, 2.45) is 0 Å². The first-order valence-corrected chi connectivity index (χ1v) is 6.90. The van der Waals surface area contributed by atoms with Crippen LogP contribution in [0, 0.1) is 13.8 Å². The van der Waals surface area contributed by atoms with Gasteiger partial charge in [0.05, 0.1) is 6.10 Å². The van der Waals surface area contributed by atoms with Crippen LogP contribution >= 0.6 is 11.3 Å². The van der Waals surface area contributed by atoms with Crippen molar-refractivity contribution in [2.45, 2.75) is 58.2 Å². The molecule has 1 aromatic rings. The van der Waals surface area contributed by atoms with Gasteiger partial charge in [0.25, 0.3) is 0 Å². The smallest absolute Gasteiger partial charge is 0.0693 e. The molecule has 0 aromatic carbocycles. The highest BCUT2D eigenvalue weighted by Crippen LogP contribution is 2.28. The minimum Gasteiger partial charge on any atom is -0.392 e. The highest BCUT2D eigenvalue weighted by Gasteiger charge is 2.26. The summed E-state index contributed by atoms with van der Waals surface area (Å²) in [5.41, 5.74) is 1.39. The molecule has 90 valence electrons. The molecule has 0 spiro atoms. The van der Waals surface area contributed by atoms with Crippen molar-refractivity contribution in [3.63, 3.8) is 0 Å². The Morgan fingerprint density at radius 1 is 1.44 bits per heavy atom. The summed E-state index contributed by atoms with van der Waals surface area (Å²) in [4.78, 5) is 2.76. The number of aliphatic hydroxyl groups is 1. The summed E-state index contributed by atoms with van der Waals surface area (Å²) in [7, 11) is 0. The first-order chi connectivity index (χ1) is 7.58. The molecule has 1 aromatic heterocycles. The van der Waals surface area contributed by atoms with E-state index in [9.17, 15) is 5.11 Å². The van der Waals surface area contributed by atoms with Crippen LogP contribution in [-0.4, -0.2) is 17.3 Å². The van der Waals surface area contributed by atoms with Crippen LogP contribution in [0.4, 0.5) is 0 Å². The Bertz CT molecular complexity index is 361. The molecule has 3 atom stereocenters. The lowest BCUT2D eigenvalue weighted by Crippen LogP contribution is -2.37. The zero-order chi connectivity index (χ0) is 11.7. The predicted molar refractivity (Wildman–Crippen MR) is 69.0 cm³/mol. The van der Waals surface area contributed by atoms with Gasteiger partial charge in [-0.1, -0.05) is 0 Å². The van der Waals surface area contributed by atoms with E-state index in [4.69, 9.17) is 0 Å². The van der Waals surface area contributed by atoms with Gasteiger partial charge in [0.1, 0.15) is 0 Å². The van der Waals surface area contributed by atoms with E-state index in [2.05, 4.69) is 32.2 Å². The van der Waals surface area contributed by atoms with Gasteiger partial charge in [-0.25, -0.2) is 0 Å². The molecule has 1 heterocycles. The fourth-order valence-electron chi connectivity index (χ4n) is 2.63. The van der Waals surface area contributed by atoms with Crippen molar-refractivity contribution in [3.8, 4) is 0 Å². The summed E-state index contributed by atoms with van der Waals surface area (Å²) >= 11 is 1.85. The van der Waals surface area contributed by atoms with Gasteiger partial charge in [-0.3, -0.25) is 0 Å². The number of thiophene rings is 1. The lowest BCUT2D eigenvalue weighted by Gasteiger charge is -2.22. The van der Waals surface area contributed by atoms with E-state index in [1.807, 2.05) is 11.3 Å². The molecule has 2 nitrogen and oxygen atoms in total. The zero-order valence-electron chi connectivity index (χ0n) is 10.3. The van der Waals surface area contributed by atoms with Gasteiger partial charge in [0.2, 0.25) is 0 Å². The molecule has 3 heteroatoms. The second kappa shape index (κ2) is 4.86. The third-order valence-electron chi connectivity index (χ3n) is 3.49. The molecule has 0 amide bonds. The maximum absolute atomic E-state index is 9.80. The summed E-state index contributed by atoms with van der Waals surface area (Å²) < 4.78 is 0. The van der Waals surface area contributed by atoms with Gasteiger partial charge in [0.15, 0.2) is 0 Å². The molecule has 0 saturated heterocycles. The van der Waals surface area contributed by atoms with Gasteiger partial charge in [-0.2, -0.15) is 0 Å². The van der Waals surface area contributed by atoms with Crippen LogP contribution in [-0.2, 0) is 0 Å². The zero-order valence-corrected chi connectivity index (χ0v) is 11.1. The predicted octanol–water partition coefficient (Wildman–Crippen LogP) is 2.93. The van der Waals surface area contributed by atoms with E-state index in [0.29, 0.717) is 6.04 Å². The third-order valence-corrected chi connectivity index (χ3v) is 4.47. The van der Waals surface area contributed by atoms with Gasteiger partial charge in [-0.05, 0) is 51.7 Å². The normalized spacial score (nSPS) is 27.2. The van der Waals surface area contributed by atoms with Crippen LogP contribution in [0.15, 0.2) is 6.07 Å². The molecule has 1 saturated carbocycles. The maximum Gasteiger partial charge on any atom is 0.0693 e. The van der Waals surface area contributed by atoms with E-state index in [1.165, 1.54) is 15.3 Å². The number of aryl methyl sites for hydroxylation is 2. The van der Waals surface area contributed by atoms with Gasteiger partial charge in [-0.15, -0.1) is 11.3 Å². The summed E-state index contributed by atoms with van der Waals surface area (Å²) in [6.45, 7) is 6.52. The Hall–Kier alpha value is -0.380. The number of hydrogen-bond acceptors (Lipinski definition) is 3. The van der Waals surface area contributed by atoms with E-state index in [-0.39, 0.29) is 12.1 Å². The van der Waals surface area contributed by atoms with Crippen molar-refractivity contribution in [2.75, 3.05) is 0 Å². The number of aliphatic hydroxyl groups excluding tert-OH is 1. The van der Waals surface area contributed by atoms with Gasteiger partial charge >= 0.3 is 0 Å².